The maximum Gasteiger partial charge on any atom is 0.573 e. The van der Waals surface area contributed by atoms with Crippen molar-refractivity contribution >= 4 is 0 Å². The number of hydrogen-bond donors (Lipinski definition) is 0. The van der Waals surface area contributed by atoms with Crippen molar-refractivity contribution in [1.29, 1.82) is 0 Å². The van der Waals surface area contributed by atoms with Gasteiger partial charge in [-0.3, -0.25) is 0 Å². The van der Waals surface area contributed by atoms with Crippen LogP contribution < -0.4 is 4.74 Å². The van der Waals surface area contributed by atoms with Crippen molar-refractivity contribution in [3.05, 3.63) is 42.0 Å². The Morgan fingerprint density at radius 2 is 1.68 bits per heavy atom. The Morgan fingerprint density at radius 1 is 1.05 bits per heavy atom. The number of ether oxygens (including phenoxy) is 1. The topological polar surface area (TPSA) is 9.23 Å². The highest BCUT2D eigenvalue weighted by Crippen LogP contribution is 2.37. The number of rotatable bonds is 5. The molecule has 1 aromatic rings. The minimum Gasteiger partial charge on any atom is -0.406 e. The highest BCUT2D eigenvalue weighted by atomic mass is 19.4. The summed E-state index contributed by atoms with van der Waals surface area (Å²) in [6, 6.07) is 6.36. The second kappa shape index (κ2) is 7.70. The van der Waals surface area contributed by atoms with E-state index >= 15 is 0 Å². The summed E-state index contributed by atoms with van der Waals surface area (Å²) in [5.41, 5.74) is 1.12. The summed E-state index contributed by atoms with van der Waals surface area (Å²) in [4.78, 5) is 0. The summed E-state index contributed by atoms with van der Waals surface area (Å²) < 4.78 is 40.3. The lowest BCUT2D eigenvalue weighted by molar-refractivity contribution is -0.274. The van der Waals surface area contributed by atoms with E-state index in [0.29, 0.717) is 5.92 Å². The molecule has 1 fully saturated rings. The molecule has 1 aliphatic carbocycles. The predicted molar refractivity (Wildman–Crippen MR) is 81.9 cm³/mol. The number of alkyl halides is 3. The van der Waals surface area contributed by atoms with E-state index in [2.05, 4.69) is 23.8 Å². The average molecular weight is 312 g/mol. The lowest BCUT2D eigenvalue weighted by Gasteiger charge is -2.28. The van der Waals surface area contributed by atoms with E-state index < -0.39 is 6.36 Å². The molecule has 0 radical (unpaired) electrons. The third kappa shape index (κ3) is 5.39. The number of allylic oxidation sites excluding steroid dienone is 2. The molecule has 0 amide bonds. The van der Waals surface area contributed by atoms with Crippen LogP contribution in [0, 0.1) is 5.92 Å². The average Bonchev–Trinajstić information content (AvgIpc) is 2.48. The van der Waals surface area contributed by atoms with E-state index in [-0.39, 0.29) is 5.75 Å². The van der Waals surface area contributed by atoms with Gasteiger partial charge in [0.15, 0.2) is 0 Å². The zero-order chi connectivity index (χ0) is 16.0. The van der Waals surface area contributed by atoms with Crippen molar-refractivity contribution < 1.29 is 17.9 Å². The van der Waals surface area contributed by atoms with Gasteiger partial charge in [-0.2, -0.15) is 0 Å². The molecule has 22 heavy (non-hydrogen) atoms. The van der Waals surface area contributed by atoms with Gasteiger partial charge < -0.3 is 4.74 Å². The summed E-state index contributed by atoms with van der Waals surface area (Å²) >= 11 is 0. The summed E-state index contributed by atoms with van der Waals surface area (Å²) in [7, 11) is 0. The van der Waals surface area contributed by atoms with Crippen LogP contribution in [0.5, 0.6) is 5.75 Å². The van der Waals surface area contributed by atoms with Gasteiger partial charge in [-0.25, -0.2) is 0 Å². The molecular formula is C18H23F3O. The summed E-state index contributed by atoms with van der Waals surface area (Å²) in [5.74, 6) is 1.08. The third-order valence-electron chi connectivity index (χ3n) is 4.30. The van der Waals surface area contributed by atoms with Crippen LogP contribution in [0.3, 0.4) is 0 Å². The number of halogens is 3. The molecule has 0 unspecified atom stereocenters. The Morgan fingerprint density at radius 3 is 2.23 bits per heavy atom. The molecule has 0 aliphatic heterocycles. The van der Waals surface area contributed by atoms with Crippen LogP contribution in [0.15, 0.2) is 36.4 Å². The molecule has 1 aromatic carbocycles. The highest BCUT2D eigenvalue weighted by molar-refractivity contribution is 5.29. The summed E-state index contributed by atoms with van der Waals surface area (Å²) in [6.45, 7) is 2.14. The van der Waals surface area contributed by atoms with Crippen LogP contribution in [-0.2, 0) is 0 Å². The first-order valence-corrected chi connectivity index (χ1v) is 7.98. The van der Waals surface area contributed by atoms with Gasteiger partial charge in [0.1, 0.15) is 5.75 Å². The zero-order valence-electron chi connectivity index (χ0n) is 12.9. The van der Waals surface area contributed by atoms with E-state index in [1.807, 2.05) is 0 Å². The Bertz CT molecular complexity index is 468. The fourth-order valence-electron chi connectivity index (χ4n) is 3.13. The summed E-state index contributed by atoms with van der Waals surface area (Å²) in [6.07, 6.45) is 6.72. The quantitative estimate of drug-likeness (QED) is 0.587. The van der Waals surface area contributed by atoms with Crippen LogP contribution in [0.25, 0.3) is 0 Å². The first-order chi connectivity index (χ1) is 10.5. The third-order valence-corrected chi connectivity index (χ3v) is 4.30. The number of hydrogen-bond acceptors (Lipinski definition) is 1. The summed E-state index contributed by atoms with van der Waals surface area (Å²) in [5, 5.41) is 0. The van der Waals surface area contributed by atoms with E-state index in [0.717, 1.165) is 37.2 Å². The highest BCUT2D eigenvalue weighted by Gasteiger charge is 2.31. The van der Waals surface area contributed by atoms with E-state index in [1.54, 1.807) is 12.1 Å². The molecule has 0 bridgehead atoms. The van der Waals surface area contributed by atoms with Crippen molar-refractivity contribution in [2.24, 2.45) is 5.92 Å². The molecule has 122 valence electrons. The molecule has 0 saturated heterocycles. The number of benzene rings is 1. The standard InChI is InChI=1S/C18H23F3O/c1-2-3-4-5-14-6-8-15(9-7-14)16-10-12-17(13-11-16)22-18(19,20)21/h3-4,10-15H,2,5-9H2,1H3/b4-3-. The van der Waals surface area contributed by atoms with Crippen LogP contribution >= 0.6 is 0 Å². The molecule has 0 heterocycles. The second-order valence-electron chi connectivity index (χ2n) is 5.95. The molecule has 1 aliphatic rings. The Balaban J connectivity index is 1.85. The smallest absolute Gasteiger partial charge is 0.406 e. The molecule has 0 spiro atoms. The first-order valence-electron chi connectivity index (χ1n) is 7.98. The molecule has 0 N–H and O–H groups in total. The Labute approximate surface area is 130 Å². The Kier molecular flexibility index (Phi) is 5.92. The molecule has 0 atom stereocenters. The van der Waals surface area contributed by atoms with Crippen LogP contribution in [0.2, 0.25) is 0 Å². The lowest BCUT2D eigenvalue weighted by Crippen LogP contribution is -2.17. The van der Waals surface area contributed by atoms with E-state index in [9.17, 15) is 13.2 Å². The van der Waals surface area contributed by atoms with Crippen LogP contribution in [0.4, 0.5) is 13.2 Å². The zero-order valence-corrected chi connectivity index (χ0v) is 12.9. The van der Waals surface area contributed by atoms with Gasteiger partial charge in [0.05, 0.1) is 0 Å². The van der Waals surface area contributed by atoms with Crippen molar-refractivity contribution in [3.63, 3.8) is 0 Å². The van der Waals surface area contributed by atoms with Crippen LogP contribution in [0.1, 0.15) is 56.9 Å². The van der Waals surface area contributed by atoms with Crippen molar-refractivity contribution in [2.75, 3.05) is 0 Å². The minimum atomic E-state index is -4.62. The van der Waals surface area contributed by atoms with Gasteiger partial charge in [0.2, 0.25) is 0 Å². The second-order valence-corrected chi connectivity index (χ2v) is 5.95. The normalized spacial score (nSPS) is 22.9. The van der Waals surface area contributed by atoms with Gasteiger partial charge in [-0.05, 0) is 68.1 Å². The minimum absolute atomic E-state index is 0.144. The SMILES string of the molecule is CC/C=C\CC1CCC(c2ccc(OC(F)(F)F)cc2)CC1. The van der Waals surface area contributed by atoms with Gasteiger partial charge >= 0.3 is 6.36 Å². The van der Waals surface area contributed by atoms with Gasteiger partial charge in [-0.1, -0.05) is 31.2 Å². The Hall–Kier alpha value is -1.45. The maximum atomic E-state index is 12.1. The molecule has 0 aromatic heterocycles. The molecule has 1 nitrogen and oxygen atoms in total. The maximum absolute atomic E-state index is 12.1. The molecular weight excluding hydrogens is 289 g/mol. The van der Waals surface area contributed by atoms with Gasteiger partial charge in [0, 0.05) is 0 Å². The van der Waals surface area contributed by atoms with Gasteiger partial charge in [-0.15, -0.1) is 13.2 Å². The van der Waals surface area contributed by atoms with Gasteiger partial charge in [0.25, 0.3) is 0 Å². The fraction of sp³-hybridized carbons (Fsp3) is 0.556. The fourth-order valence-corrected chi connectivity index (χ4v) is 3.13. The van der Waals surface area contributed by atoms with E-state index in [1.165, 1.54) is 25.0 Å². The molecule has 1 saturated carbocycles. The molecule has 2 rings (SSSR count). The van der Waals surface area contributed by atoms with E-state index in [4.69, 9.17) is 0 Å². The van der Waals surface area contributed by atoms with Crippen molar-refractivity contribution in [3.8, 4) is 5.75 Å². The van der Waals surface area contributed by atoms with Crippen LogP contribution in [-0.4, -0.2) is 6.36 Å². The van der Waals surface area contributed by atoms with Crippen molar-refractivity contribution in [2.45, 2.75) is 57.7 Å². The monoisotopic (exact) mass is 312 g/mol. The largest absolute Gasteiger partial charge is 0.573 e. The first kappa shape index (κ1) is 16.9. The predicted octanol–water partition coefficient (Wildman–Crippen LogP) is 6.22. The van der Waals surface area contributed by atoms with Crippen molar-refractivity contribution in [1.82, 2.24) is 0 Å². The lowest BCUT2D eigenvalue weighted by atomic mass is 9.77. The molecule has 4 heteroatoms.